The molecule has 0 bridgehead atoms. The third-order valence-corrected chi connectivity index (χ3v) is 2.25. The third kappa shape index (κ3) is 6.85. The first-order valence-electron chi connectivity index (χ1n) is 5.86. The van der Waals surface area contributed by atoms with Gasteiger partial charge in [0.05, 0.1) is 11.7 Å². The summed E-state index contributed by atoms with van der Waals surface area (Å²) in [5.74, 6) is -2.30. The molecule has 0 aliphatic carbocycles. The Hall–Kier alpha value is -1.62. The molecule has 5 heteroatoms. The highest BCUT2D eigenvalue weighted by molar-refractivity contribution is 5.94. The fourth-order valence-electron chi connectivity index (χ4n) is 1.19. The zero-order chi connectivity index (χ0) is 14.1. The van der Waals surface area contributed by atoms with Gasteiger partial charge in [-0.3, -0.25) is 0 Å². The summed E-state index contributed by atoms with van der Waals surface area (Å²) in [6, 6.07) is 0. The first-order chi connectivity index (χ1) is 8.38. The van der Waals surface area contributed by atoms with E-state index >= 15 is 0 Å². The van der Waals surface area contributed by atoms with Crippen molar-refractivity contribution in [2.24, 2.45) is 0 Å². The van der Waals surface area contributed by atoms with Crippen molar-refractivity contribution >= 4 is 11.9 Å². The smallest absolute Gasteiger partial charge is 0.335 e. The van der Waals surface area contributed by atoms with Crippen LogP contribution < -0.4 is 0 Å². The van der Waals surface area contributed by atoms with Crippen LogP contribution in [-0.2, 0) is 14.3 Å². The minimum Gasteiger partial charge on any atom is -0.478 e. The molecule has 0 amide bonds. The number of rotatable bonds is 8. The molecule has 0 aliphatic heterocycles. The molecule has 0 aromatic rings. The Morgan fingerprint density at radius 2 is 1.89 bits per heavy atom. The summed E-state index contributed by atoms with van der Waals surface area (Å²) >= 11 is 0. The van der Waals surface area contributed by atoms with Gasteiger partial charge in [0.1, 0.15) is 0 Å². The molecular weight excluding hydrogens is 236 g/mol. The molecule has 0 rings (SSSR count). The van der Waals surface area contributed by atoms with Gasteiger partial charge in [-0.2, -0.15) is 0 Å². The normalized spacial score (nSPS) is 14.4. The molecular formula is C13H20O5. The Balaban J connectivity index is 4.74. The summed E-state index contributed by atoms with van der Waals surface area (Å²) in [6.45, 7) is 5.67. The molecule has 5 nitrogen and oxygen atoms in total. The summed E-state index contributed by atoms with van der Waals surface area (Å²) in [4.78, 5) is 21.6. The zero-order valence-corrected chi connectivity index (χ0v) is 11.0. The van der Waals surface area contributed by atoms with Crippen molar-refractivity contribution < 1.29 is 24.5 Å². The molecule has 0 heterocycles. The average Bonchev–Trinajstić information content (AvgIpc) is 2.28. The maximum atomic E-state index is 11.0. The van der Waals surface area contributed by atoms with Crippen LogP contribution >= 0.6 is 0 Å². The fraction of sp³-hybridized carbons (Fsp3) is 0.538. The second-order valence-corrected chi connectivity index (χ2v) is 3.99. The highest BCUT2D eigenvalue weighted by Gasteiger charge is 2.10. The van der Waals surface area contributed by atoms with Crippen LogP contribution in [0.1, 0.15) is 33.6 Å². The number of hydrogen-bond acceptors (Lipinski definition) is 3. The van der Waals surface area contributed by atoms with E-state index in [-0.39, 0.29) is 17.3 Å². The summed E-state index contributed by atoms with van der Waals surface area (Å²) in [7, 11) is 0. The monoisotopic (exact) mass is 256 g/mol. The Labute approximate surface area is 107 Å². The molecule has 102 valence electrons. The summed E-state index contributed by atoms with van der Waals surface area (Å²) < 4.78 is 5.39. The Kier molecular flexibility index (Phi) is 7.71. The van der Waals surface area contributed by atoms with Gasteiger partial charge in [0.2, 0.25) is 0 Å². The summed E-state index contributed by atoms with van der Waals surface area (Å²) in [5, 5.41) is 17.7. The van der Waals surface area contributed by atoms with Gasteiger partial charge in [0, 0.05) is 12.2 Å². The minimum atomic E-state index is -1.17. The van der Waals surface area contributed by atoms with E-state index in [1.165, 1.54) is 13.0 Å². The van der Waals surface area contributed by atoms with Gasteiger partial charge in [0.25, 0.3) is 0 Å². The van der Waals surface area contributed by atoms with Crippen LogP contribution in [0.4, 0.5) is 0 Å². The number of carbonyl (C=O) groups is 2. The lowest BCUT2D eigenvalue weighted by Gasteiger charge is -2.09. The van der Waals surface area contributed by atoms with Crippen LogP contribution in [0.5, 0.6) is 0 Å². The largest absolute Gasteiger partial charge is 0.478 e. The number of aliphatic carboxylic acids is 2. The maximum Gasteiger partial charge on any atom is 0.335 e. The second-order valence-electron chi connectivity index (χ2n) is 3.99. The first kappa shape index (κ1) is 16.4. The van der Waals surface area contributed by atoms with Crippen LogP contribution in [0.25, 0.3) is 0 Å². The Morgan fingerprint density at radius 3 is 2.33 bits per heavy atom. The lowest BCUT2D eigenvalue weighted by atomic mass is 10.1. The van der Waals surface area contributed by atoms with E-state index < -0.39 is 11.9 Å². The van der Waals surface area contributed by atoms with Crippen molar-refractivity contribution in [3.05, 3.63) is 23.3 Å². The highest BCUT2D eigenvalue weighted by atomic mass is 16.5. The second kappa shape index (κ2) is 8.47. The van der Waals surface area contributed by atoms with E-state index in [2.05, 4.69) is 0 Å². The summed E-state index contributed by atoms with van der Waals surface area (Å²) in [6.07, 6.45) is 4.08. The Morgan fingerprint density at radius 1 is 1.28 bits per heavy atom. The number of carboxylic acid groups (broad SMARTS) is 2. The van der Waals surface area contributed by atoms with Crippen LogP contribution in [-0.4, -0.2) is 34.9 Å². The summed E-state index contributed by atoms with van der Waals surface area (Å²) in [5.41, 5.74) is -0.0942. The quantitative estimate of drug-likeness (QED) is 0.395. The topological polar surface area (TPSA) is 83.8 Å². The van der Waals surface area contributed by atoms with Gasteiger partial charge in [-0.05, 0) is 32.4 Å². The molecule has 1 unspecified atom stereocenters. The van der Waals surface area contributed by atoms with E-state index in [1.807, 2.05) is 6.92 Å². The van der Waals surface area contributed by atoms with E-state index in [0.29, 0.717) is 6.61 Å². The maximum absolute atomic E-state index is 11.0. The van der Waals surface area contributed by atoms with Crippen LogP contribution in [0.15, 0.2) is 23.3 Å². The van der Waals surface area contributed by atoms with Gasteiger partial charge >= 0.3 is 11.9 Å². The van der Waals surface area contributed by atoms with Gasteiger partial charge < -0.3 is 14.9 Å². The molecule has 0 fully saturated rings. The fourth-order valence-corrected chi connectivity index (χ4v) is 1.19. The van der Waals surface area contributed by atoms with Gasteiger partial charge in [-0.25, -0.2) is 9.59 Å². The van der Waals surface area contributed by atoms with Crippen LogP contribution in [0, 0.1) is 0 Å². The number of carboxylic acids is 2. The molecule has 0 radical (unpaired) electrons. The van der Waals surface area contributed by atoms with Crippen LogP contribution in [0.3, 0.4) is 0 Å². The zero-order valence-electron chi connectivity index (χ0n) is 11.0. The first-order valence-corrected chi connectivity index (χ1v) is 5.86. The SMILES string of the molecule is CCCCOC(C)C=C(C=C(C)C(=O)O)C(=O)O. The molecule has 2 N–H and O–H groups in total. The van der Waals surface area contributed by atoms with E-state index in [4.69, 9.17) is 14.9 Å². The molecule has 0 saturated heterocycles. The predicted molar refractivity (Wildman–Crippen MR) is 67.4 cm³/mol. The third-order valence-electron chi connectivity index (χ3n) is 2.25. The standard InChI is InChI=1S/C13H20O5/c1-4-5-6-18-10(3)8-11(13(16)17)7-9(2)12(14)15/h7-8,10H,4-6H2,1-3H3,(H,14,15)(H,16,17). The van der Waals surface area contributed by atoms with E-state index in [9.17, 15) is 9.59 Å². The highest BCUT2D eigenvalue weighted by Crippen LogP contribution is 2.07. The average molecular weight is 256 g/mol. The number of unbranched alkanes of at least 4 members (excludes halogenated alkanes) is 1. The molecule has 0 aliphatic rings. The van der Waals surface area contributed by atoms with Crippen molar-refractivity contribution in [3.63, 3.8) is 0 Å². The molecule has 18 heavy (non-hydrogen) atoms. The van der Waals surface area contributed by atoms with Crippen molar-refractivity contribution in [3.8, 4) is 0 Å². The molecule has 0 aromatic carbocycles. The predicted octanol–water partition coefficient (Wildman–Crippen LogP) is 2.23. The van der Waals surface area contributed by atoms with Gasteiger partial charge in [-0.1, -0.05) is 13.3 Å². The number of hydrogen-bond donors (Lipinski definition) is 2. The van der Waals surface area contributed by atoms with Gasteiger partial charge in [0.15, 0.2) is 0 Å². The molecule has 1 atom stereocenters. The van der Waals surface area contributed by atoms with E-state index in [1.54, 1.807) is 6.92 Å². The molecule has 0 aromatic heterocycles. The lowest BCUT2D eigenvalue weighted by Crippen LogP contribution is -2.10. The van der Waals surface area contributed by atoms with E-state index in [0.717, 1.165) is 18.9 Å². The van der Waals surface area contributed by atoms with Crippen molar-refractivity contribution in [2.45, 2.75) is 39.7 Å². The van der Waals surface area contributed by atoms with Crippen molar-refractivity contribution in [1.82, 2.24) is 0 Å². The van der Waals surface area contributed by atoms with Crippen molar-refractivity contribution in [2.75, 3.05) is 6.61 Å². The lowest BCUT2D eigenvalue weighted by molar-refractivity contribution is -0.132. The Bertz CT molecular complexity index is 354. The van der Waals surface area contributed by atoms with Crippen molar-refractivity contribution in [1.29, 1.82) is 0 Å². The molecule has 0 saturated carbocycles. The van der Waals surface area contributed by atoms with Crippen LogP contribution in [0.2, 0.25) is 0 Å². The molecule has 0 spiro atoms. The van der Waals surface area contributed by atoms with Gasteiger partial charge in [-0.15, -0.1) is 0 Å². The number of ether oxygens (including phenoxy) is 1. The minimum absolute atomic E-state index is 0.0237.